The summed E-state index contributed by atoms with van der Waals surface area (Å²) in [5.74, 6) is -0.190. The summed E-state index contributed by atoms with van der Waals surface area (Å²) in [7, 11) is 1.57. The molecule has 2 aromatic carbocycles. The van der Waals surface area contributed by atoms with Gasteiger partial charge in [0.1, 0.15) is 10.8 Å². The zero-order valence-corrected chi connectivity index (χ0v) is 19.9. The highest BCUT2D eigenvalue weighted by Crippen LogP contribution is 2.33. The number of likely N-dealkylation sites (tertiary alicyclic amines) is 1. The fourth-order valence-corrected chi connectivity index (χ4v) is 4.62. The van der Waals surface area contributed by atoms with Gasteiger partial charge in [-0.05, 0) is 61.1 Å². The Morgan fingerprint density at radius 3 is 2.42 bits per heavy atom. The van der Waals surface area contributed by atoms with Gasteiger partial charge in [0.15, 0.2) is 0 Å². The maximum atomic E-state index is 13.5. The number of piperidine rings is 1. The van der Waals surface area contributed by atoms with E-state index in [1.54, 1.807) is 36.2 Å². The molecule has 1 fully saturated rings. The second-order valence-electron chi connectivity index (χ2n) is 8.35. The number of benzene rings is 2. The molecule has 5 nitrogen and oxygen atoms in total. The lowest BCUT2D eigenvalue weighted by atomic mass is 9.89. The molecule has 0 atom stereocenters. The van der Waals surface area contributed by atoms with E-state index in [1.165, 1.54) is 22.9 Å². The predicted octanol–water partition coefficient (Wildman–Crippen LogP) is 5.90. The molecule has 3 aromatic rings. The number of nitrogens with zero attached hydrogens (tertiary/aromatic N) is 2. The van der Waals surface area contributed by atoms with Crippen LogP contribution < -0.4 is 10.9 Å². The van der Waals surface area contributed by atoms with Crippen LogP contribution in [0.1, 0.15) is 40.2 Å². The van der Waals surface area contributed by atoms with Gasteiger partial charge in [-0.15, -0.1) is 0 Å². The van der Waals surface area contributed by atoms with Crippen LogP contribution >= 0.6 is 23.2 Å². The molecule has 0 saturated carbocycles. The molecule has 33 heavy (non-hydrogen) atoms. The first-order chi connectivity index (χ1) is 15.7. The maximum Gasteiger partial charge on any atom is 0.271 e. The summed E-state index contributed by atoms with van der Waals surface area (Å²) in [6, 6.07) is 11.9. The van der Waals surface area contributed by atoms with E-state index in [2.05, 4.69) is 5.32 Å². The number of pyridine rings is 1. The third-order valence-corrected chi connectivity index (χ3v) is 6.72. The number of hydrogen-bond acceptors (Lipinski definition) is 3. The molecule has 1 saturated heterocycles. The second kappa shape index (κ2) is 9.57. The first-order valence-corrected chi connectivity index (χ1v) is 11.5. The topological polar surface area (TPSA) is 54.3 Å². The average Bonchev–Trinajstić information content (AvgIpc) is 2.81. The van der Waals surface area contributed by atoms with Crippen molar-refractivity contribution in [2.24, 2.45) is 7.05 Å². The molecule has 2 heterocycles. The van der Waals surface area contributed by atoms with E-state index in [4.69, 9.17) is 23.2 Å². The summed E-state index contributed by atoms with van der Waals surface area (Å²) in [4.78, 5) is 27.8. The van der Waals surface area contributed by atoms with Crippen LogP contribution in [-0.4, -0.2) is 28.5 Å². The molecule has 1 aliphatic heterocycles. The minimum Gasteiger partial charge on any atom is -0.353 e. The summed E-state index contributed by atoms with van der Waals surface area (Å²) in [6.07, 6.45) is 3.06. The van der Waals surface area contributed by atoms with Crippen molar-refractivity contribution in [1.29, 1.82) is 0 Å². The molecular weight excluding hydrogens is 464 g/mol. The second-order valence-corrected chi connectivity index (χ2v) is 9.16. The van der Waals surface area contributed by atoms with Crippen LogP contribution in [0, 0.1) is 12.7 Å². The van der Waals surface area contributed by atoms with Crippen molar-refractivity contribution in [2.75, 3.05) is 18.4 Å². The van der Waals surface area contributed by atoms with E-state index in [0.29, 0.717) is 29.4 Å². The van der Waals surface area contributed by atoms with E-state index < -0.39 is 5.56 Å². The Balaban J connectivity index is 1.60. The zero-order valence-electron chi connectivity index (χ0n) is 18.4. The van der Waals surface area contributed by atoms with E-state index in [9.17, 15) is 14.0 Å². The zero-order chi connectivity index (χ0) is 23.7. The number of anilines is 2. The highest BCUT2D eigenvalue weighted by molar-refractivity contribution is 6.34. The standard InChI is InChI=1S/C25H24Cl2FN3O2/c1-15-3-6-18(26)13-21(15)29-23-20(14-30(2)25(33)22(23)27)24(32)31-11-9-17(10-12-31)16-4-7-19(28)8-5-16/h3-8,13-14,17,29H,9-12H2,1-2H3. The third kappa shape index (κ3) is 4.92. The number of carbonyl (C=O) groups excluding carboxylic acids is 1. The normalized spacial score (nSPS) is 14.4. The van der Waals surface area contributed by atoms with Gasteiger partial charge in [-0.3, -0.25) is 9.59 Å². The van der Waals surface area contributed by atoms with Crippen LogP contribution in [0.3, 0.4) is 0 Å². The van der Waals surface area contributed by atoms with E-state index in [0.717, 1.165) is 24.0 Å². The highest BCUT2D eigenvalue weighted by atomic mass is 35.5. The van der Waals surface area contributed by atoms with Crippen molar-refractivity contribution < 1.29 is 9.18 Å². The fourth-order valence-electron chi connectivity index (χ4n) is 4.17. The van der Waals surface area contributed by atoms with Crippen LogP contribution in [0.15, 0.2) is 53.5 Å². The first kappa shape index (κ1) is 23.3. The Kier molecular flexibility index (Phi) is 6.77. The van der Waals surface area contributed by atoms with E-state index in [-0.39, 0.29) is 28.4 Å². The summed E-state index contributed by atoms with van der Waals surface area (Å²) >= 11 is 12.6. The Labute approximate surface area is 201 Å². The monoisotopic (exact) mass is 487 g/mol. The Morgan fingerprint density at radius 2 is 1.76 bits per heavy atom. The maximum absolute atomic E-state index is 13.5. The number of aromatic nitrogens is 1. The smallest absolute Gasteiger partial charge is 0.271 e. The highest BCUT2D eigenvalue weighted by Gasteiger charge is 2.28. The van der Waals surface area contributed by atoms with Gasteiger partial charge in [-0.2, -0.15) is 0 Å². The van der Waals surface area contributed by atoms with Gasteiger partial charge in [-0.25, -0.2) is 4.39 Å². The van der Waals surface area contributed by atoms with Crippen LogP contribution in [0.25, 0.3) is 0 Å². The molecule has 0 radical (unpaired) electrons. The fraction of sp³-hybridized carbons (Fsp3) is 0.280. The third-order valence-electron chi connectivity index (χ3n) is 6.13. The van der Waals surface area contributed by atoms with Crippen LogP contribution in [-0.2, 0) is 7.05 Å². The van der Waals surface area contributed by atoms with Crippen molar-refractivity contribution in [3.05, 3.63) is 91.6 Å². The first-order valence-electron chi connectivity index (χ1n) is 10.7. The molecule has 1 aromatic heterocycles. The molecule has 8 heteroatoms. The Bertz CT molecular complexity index is 1250. The minimum atomic E-state index is -0.398. The van der Waals surface area contributed by atoms with Gasteiger partial charge >= 0.3 is 0 Å². The molecule has 1 N–H and O–H groups in total. The Hall–Kier alpha value is -2.83. The minimum absolute atomic E-state index is 0.0519. The van der Waals surface area contributed by atoms with Gasteiger partial charge in [-0.1, -0.05) is 41.4 Å². The van der Waals surface area contributed by atoms with Crippen molar-refractivity contribution in [2.45, 2.75) is 25.7 Å². The SMILES string of the molecule is Cc1ccc(Cl)cc1Nc1c(C(=O)N2CCC(c3ccc(F)cc3)CC2)cn(C)c(=O)c1Cl. The summed E-state index contributed by atoms with van der Waals surface area (Å²) in [5, 5.41) is 3.64. The number of carbonyl (C=O) groups is 1. The van der Waals surface area contributed by atoms with Crippen LogP contribution in [0.4, 0.5) is 15.8 Å². The van der Waals surface area contributed by atoms with Gasteiger partial charge in [0.25, 0.3) is 11.5 Å². The summed E-state index contributed by atoms with van der Waals surface area (Å²) < 4.78 is 14.6. The van der Waals surface area contributed by atoms with Crippen LogP contribution in [0.5, 0.6) is 0 Å². The molecule has 0 bridgehead atoms. The summed E-state index contributed by atoms with van der Waals surface area (Å²) in [6.45, 7) is 3.00. The number of aryl methyl sites for hydroxylation is 2. The number of hydrogen-bond donors (Lipinski definition) is 1. The molecule has 0 spiro atoms. The van der Waals surface area contributed by atoms with Gasteiger partial charge in [0.05, 0.1) is 11.3 Å². The molecule has 0 aliphatic carbocycles. The largest absolute Gasteiger partial charge is 0.353 e. The number of rotatable bonds is 4. The Morgan fingerprint density at radius 1 is 1.09 bits per heavy atom. The van der Waals surface area contributed by atoms with Gasteiger partial charge in [0.2, 0.25) is 0 Å². The number of halogens is 3. The van der Waals surface area contributed by atoms with Crippen molar-refractivity contribution in [1.82, 2.24) is 9.47 Å². The van der Waals surface area contributed by atoms with Crippen LogP contribution in [0.2, 0.25) is 10.0 Å². The molecule has 0 unspecified atom stereocenters. The molecule has 4 rings (SSSR count). The summed E-state index contributed by atoms with van der Waals surface area (Å²) in [5.41, 5.74) is 2.84. The van der Waals surface area contributed by atoms with Crippen molar-refractivity contribution in [3.8, 4) is 0 Å². The molecule has 1 aliphatic rings. The molecule has 172 valence electrons. The lowest BCUT2D eigenvalue weighted by Gasteiger charge is -2.33. The predicted molar refractivity (Wildman–Crippen MR) is 130 cm³/mol. The molecule has 1 amide bonds. The lowest BCUT2D eigenvalue weighted by molar-refractivity contribution is 0.0713. The average molecular weight is 488 g/mol. The van der Waals surface area contributed by atoms with E-state index in [1.807, 2.05) is 13.0 Å². The van der Waals surface area contributed by atoms with Crippen molar-refractivity contribution >= 4 is 40.5 Å². The van der Waals surface area contributed by atoms with E-state index >= 15 is 0 Å². The molecular formula is C25H24Cl2FN3O2. The van der Waals surface area contributed by atoms with Crippen molar-refractivity contribution in [3.63, 3.8) is 0 Å². The van der Waals surface area contributed by atoms with Gasteiger partial charge < -0.3 is 14.8 Å². The number of nitrogens with one attached hydrogen (secondary N) is 1. The quantitative estimate of drug-likeness (QED) is 0.498. The number of amides is 1. The lowest BCUT2D eigenvalue weighted by Crippen LogP contribution is -2.39. The van der Waals surface area contributed by atoms with Gasteiger partial charge in [0, 0.05) is 37.0 Å².